The molecule has 7 heteroatoms. The van der Waals surface area contributed by atoms with Crippen molar-refractivity contribution in [1.29, 1.82) is 0 Å². The number of furan rings is 1. The summed E-state index contributed by atoms with van der Waals surface area (Å²) in [5.41, 5.74) is 1.91. The summed E-state index contributed by atoms with van der Waals surface area (Å²) in [7, 11) is 1.58. The van der Waals surface area contributed by atoms with Crippen molar-refractivity contribution in [3.8, 4) is 5.75 Å². The topological polar surface area (TPSA) is 64.4 Å². The number of carbonyl (C=O) groups is 1. The fourth-order valence-corrected chi connectivity index (χ4v) is 3.86. The summed E-state index contributed by atoms with van der Waals surface area (Å²) in [5.74, 6) is 0.941. The molecule has 0 saturated carbocycles. The third kappa shape index (κ3) is 2.83. The van der Waals surface area contributed by atoms with Crippen molar-refractivity contribution < 1.29 is 13.9 Å². The quantitative estimate of drug-likeness (QED) is 0.532. The molecule has 0 aliphatic heterocycles. The van der Waals surface area contributed by atoms with Gasteiger partial charge in [-0.15, -0.1) is 0 Å². The van der Waals surface area contributed by atoms with Crippen LogP contribution in [0.2, 0.25) is 5.02 Å². The summed E-state index contributed by atoms with van der Waals surface area (Å²) in [6.45, 7) is 1.76. The van der Waals surface area contributed by atoms with Gasteiger partial charge < -0.3 is 9.15 Å². The number of ether oxygens (including phenoxy) is 1. The predicted octanol–water partition coefficient (Wildman–Crippen LogP) is 5.27. The first-order valence-corrected chi connectivity index (χ1v) is 8.69. The zero-order chi connectivity index (χ0) is 17.6. The Morgan fingerprint density at radius 1 is 1.28 bits per heavy atom. The largest absolute Gasteiger partial charge is 0.497 e. The molecule has 4 rings (SSSR count). The number of carbonyl (C=O) groups excluding carboxylic acids is 1. The number of halogens is 1. The number of aryl methyl sites for hydroxylation is 1. The maximum atomic E-state index is 12.8. The van der Waals surface area contributed by atoms with E-state index in [0.29, 0.717) is 38.2 Å². The lowest BCUT2D eigenvalue weighted by Crippen LogP contribution is -2.12. The van der Waals surface area contributed by atoms with E-state index in [1.165, 1.54) is 11.3 Å². The summed E-state index contributed by atoms with van der Waals surface area (Å²) in [6.07, 6.45) is 0. The van der Waals surface area contributed by atoms with Gasteiger partial charge in [-0.25, -0.2) is 4.98 Å². The molecule has 126 valence electrons. The molecular formula is C18H13ClN2O3S. The third-order valence-electron chi connectivity index (χ3n) is 3.87. The Morgan fingerprint density at radius 3 is 2.92 bits per heavy atom. The van der Waals surface area contributed by atoms with Crippen LogP contribution in [0.5, 0.6) is 5.75 Å². The molecule has 1 N–H and O–H groups in total. The highest BCUT2D eigenvalue weighted by atomic mass is 35.5. The molecule has 0 saturated heterocycles. The monoisotopic (exact) mass is 372 g/mol. The number of nitrogens with one attached hydrogen (secondary N) is 1. The van der Waals surface area contributed by atoms with E-state index in [2.05, 4.69) is 10.3 Å². The molecule has 5 nitrogen and oxygen atoms in total. The number of methoxy groups -OCH3 is 1. The second kappa shape index (κ2) is 6.06. The van der Waals surface area contributed by atoms with Crippen molar-refractivity contribution >= 4 is 55.2 Å². The molecule has 0 aliphatic carbocycles. The fourth-order valence-electron chi connectivity index (χ4n) is 2.72. The summed E-state index contributed by atoms with van der Waals surface area (Å²) in [4.78, 5) is 17.2. The van der Waals surface area contributed by atoms with Crippen LogP contribution in [-0.4, -0.2) is 18.0 Å². The van der Waals surface area contributed by atoms with Gasteiger partial charge in [0.15, 0.2) is 5.13 Å². The Balaban J connectivity index is 1.72. The van der Waals surface area contributed by atoms with E-state index in [0.717, 1.165) is 10.2 Å². The number of hydrogen-bond acceptors (Lipinski definition) is 5. The Kier molecular flexibility index (Phi) is 3.86. The van der Waals surface area contributed by atoms with E-state index < -0.39 is 0 Å². The molecule has 0 bridgehead atoms. The van der Waals surface area contributed by atoms with Gasteiger partial charge in [0, 0.05) is 10.4 Å². The Labute approximate surface area is 152 Å². The van der Waals surface area contributed by atoms with Crippen molar-refractivity contribution in [3.63, 3.8) is 0 Å². The first-order valence-electron chi connectivity index (χ1n) is 7.50. The summed E-state index contributed by atoms with van der Waals surface area (Å²) >= 11 is 7.37. The van der Waals surface area contributed by atoms with Crippen LogP contribution in [0.3, 0.4) is 0 Å². The van der Waals surface area contributed by atoms with Crippen molar-refractivity contribution in [2.45, 2.75) is 6.92 Å². The van der Waals surface area contributed by atoms with Crippen LogP contribution in [0.15, 0.2) is 40.8 Å². The highest BCUT2D eigenvalue weighted by Crippen LogP contribution is 2.32. The predicted molar refractivity (Wildman–Crippen MR) is 100 cm³/mol. The highest BCUT2D eigenvalue weighted by Gasteiger charge is 2.20. The van der Waals surface area contributed by atoms with Crippen LogP contribution in [-0.2, 0) is 0 Å². The van der Waals surface area contributed by atoms with E-state index in [1.807, 2.05) is 12.1 Å². The SMILES string of the molecule is COc1ccc2oc(C)c(C(=O)Nc3nc4ccc(Cl)cc4s3)c2c1. The first-order chi connectivity index (χ1) is 12.0. The van der Waals surface area contributed by atoms with E-state index >= 15 is 0 Å². The maximum absolute atomic E-state index is 12.8. The van der Waals surface area contributed by atoms with Gasteiger partial charge in [-0.2, -0.15) is 0 Å². The Bertz CT molecular complexity index is 1120. The number of rotatable bonds is 3. The molecule has 2 aromatic carbocycles. The van der Waals surface area contributed by atoms with E-state index in [4.69, 9.17) is 20.8 Å². The Hall–Kier alpha value is -2.57. The van der Waals surface area contributed by atoms with Crippen LogP contribution in [0.25, 0.3) is 21.2 Å². The fraction of sp³-hybridized carbons (Fsp3) is 0.111. The minimum absolute atomic E-state index is 0.269. The van der Waals surface area contributed by atoms with Gasteiger partial charge in [0.25, 0.3) is 5.91 Å². The van der Waals surface area contributed by atoms with Crippen molar-refractivity contribution in [1.82, 2.24) is 4.98 Å². The number of aromatic nitrogens is 1. The summed E-state index contributed by atoms with van der Waals surface area (Å²) in [5, 5.41) is 4.70. The molecular weight excluding hydrogens is 360 g/mol. The zero-order valence-electron chi connectivity index (χ0n) is 13.4. The van der Waals surface area contributed by atoms with Gasteiger partial charge in [0.1, 0.15) is 17.1 Å². The standard InChI is InChI=1S/C18H13ClN2O3S/c1-9-16(12-8-11(23-2)4-6-14(12)24-9)17(22)21-18-20-13-5-3-10(19)7-15(13)25-18/h3-8H,1-2H3,(H,20,21,22). The third-order valence-corrected chi connectivity index (χ3v) is 5.04. The van der Waals surface area contributed by atoms with E-state index in [1.54, 1.807) is 38.3 Å². The molecule has 2 heterocycles. The molecule has 2 aromatic heterocycles. The maximum Gasteiger partial charge on any atom is 0.261 e. The van der Waals surface area contributed by atoms with Crippen LogP contribution in [0.4, 0.5) is 5.13 Å². The first kappa shape index (κ1) is 15.9. The lowest BCUT2D eigenvalue weighted by molar-refractivity contribution is 0.102. The zero-order valence-corrected chi connectivity index (χ0v) is 15.0. The summed E-state index contributed by atoms with van der Waals surface area (Å²) < 4.78 is 11.8. The minimum atomic E-state index is -0.269. The molecule has 0 spiro atoms. The highest BCUT2D eigenvalue weighted by molar-refractivity contribution is 7.22. The molecule has 0 unspecified atom stereocenters. The number of benzene rings is 2. The van der Waals surface area contributed by atoms with Gasteiger partial charge in [-0.05, 0) is 43.3 Å². The molecule has 4 aromatic rings. The molecule has 0 aliphatic rings. The average Bonchev–Trinajstić information content (AvgIpc) is 3.12. The smallest absolute Gasteiger partial charge is 0.261 e. The molecule has 0 radical (unpaired) electrons. The van der Waals surface area contributed by atoms with Crippen LogP contribution in [0, 0.1) is 6.92 Å². The van der Waals surface area contributed by atoms with Gasteiger partial charge >= 0.3 is 0 Å². The van der Waals surface area contributed by atoms with Gasteiger partial charge in [0.05, 0.1) is 22.9 Å². The van der Waals surface area contributed by atoms with Gasteiger partial charge in [-0.3, -0.25) is 10.1 Å². The van der Waals surface area contributed by atoms with E-state index in [-0.39, 0.29) is 5.91 Å². The number of anilines is 1. The Morgan fingerprint density at radius 2 is 2.12 bits per heavy atom. The van der Waals surface area contributed by atoms with Crippen molar-refractivity contribution in [2.75, 3.05) is 12.4 Å². The van der Waals surface area contributed by atoms with Gasteiger partial charge in [0.2, 0.25) is 0 Å². The number of nitrogens with zero attached hydrogens (tertiary/aromatic N) is 1. The van der Waals surface area contributed by atoms with Gasteiger partial charge in [-0.1, -0.05) is 22.9 Å². The molecule has 25 heavy (non-hydrogen) atoms. The number of hydrogen-bond donors (Lipinski definition) is 1. The number of thiazole rings is 1. The van der Waals surface area contributed by atoms with Crippen LogP contribution in [0.1, 0.15) is 16.1 Å². The normalized spacial score (nSPS) is 11.2. The molecule has 0 fully saturated rings. The molecule has 0 atom stereocenters. The van der Waals surface area contributed by atoms with Crippen LogP contribution >= 0.6 is 22.9 Å². The van der Waals surface area contributed by atoms with E-state index in [9.17, 15) is 4.79 Å². The van der Waals surface area contributed by atoms with Crippen molar-refractivity contribution in [3.05, 3.63) is 52.7 Å². The second-order valence-corrected chi connectivity index (χ2v) is 6.95. The lowest BCUT2D eigenvalue weighted by Gasteiger charge is -2.02. The van der Waals surface area contributed by atoms with Crippen molar-refractivity contribution in [2.24, 2.45) is 0 Å². The molecule has 1 amide bonds. The average molecular weight is 373 g/mol. The summed E-state index contributed by atoms with van der Waals surface area (Å²) in [6, 6.07) is 10.8. The number of fused-ring (bicyclic) bond motifs is 2. The second-order valence-electron chi connectivity index (χ2n) is 5.48. The lowest BCUT2D eigenvalue weighted by atomic mass is 10.1. The van der Waals surface area contributed by atoms with Crippen LogP contribution < -0.4 is 10.1 Å². The minimum Gasteiger partial charge on any atom is -0.497 e. The number of amides is 1.